The Bertz CT molecular complexity index is 557. The Morgan fingerprint density at radius 3 is 2.65 bits per heavy atom. The minimum absolute atomic E-state index is 0.0853. The number of hydrogen-bond acceptors (Lipinski definition) is 3. The molecule has 0 amide bonds. The normalized spacial score (nSPS) is 26.1. The summed E-state index contributed by atoms with van der Waals surface area (Å²) in [5, 5.41) is 0. The van der Waals surface area contributed by atoms with E-state index in [1.807, 2.05) is 32.0 Å². The van der Waals surface area contributed by atoms with Crippen molar-refractivity contribution < 1.29 is 14.3 Å². The Labute approximate surface area is 120 Å². The molecule has 0 saturated carbocycles. The molecule has 3 nitrogen and oxygen atoms in total. The number of hydrogen-bond donors (Lipinski definition) is 0. The molecule has 1 saturated heterocycles. The largest absolute Gasteiger partial charge is 0.493 e. The number of ether oxygens (including phenoxy) is 2. The second-order valence-corrected chi connectivity index (χ2v) is 7.01. The smallest absolute Gasteiger partial charge is 0.168 e. The number of carbonyl (C=O) groups is 1. The van der Waals surface area contributed by atoms with E-state index in [9.17, 15) is 4.79 Å². The van der Waals surface area contributed by atoms with Gasteiger partial charge in [0.1, 0.15) is 5.75 Å². The zero-order chi connectivity index (χ0) is 14.5. The van der Waals surface area contributed by atoms with Crippen LogP contribution in [0.1, 0.15) is 50.0 Å². The first-order valence-electron chi connectivity index (χ1n) is 7.29. The van der Waals surface area contributed by atoms with Gasteiger partial charge in [0.2, 0.25) is 0 Å². The van der Waals surface area contributed by atoms with Gasteiger partial charge in [-0.15, -0.1) is 0 Å². The molecule has 3 heteroatoms. The van der Waals surface area contributed by atoms with E-state index in [1.165, 1.54) is 0 Å². The van der Waals surface area contributed by atoms with Crippen LogP contribution in [-0.4, -0.2) is 23.6 Å². The highest BCUT2D eigenvalue weighted by Crippen LogP contribution is 2.43. The van der Waals surface area contributed by atoms with E-state index in [2.05, 4.69) is 13.8 Å². The second-order valence-electron chi connectivity index (χ2n) is 7.01. The third-order valence-corrected chi connectivity index (χ3v) is 4.36. The van der Waals surface area contributed by atoms with Crippen LogP contribution in [0.25, 0.3) is 0 Å². The van der Waals surface area contributed by atoms with Crippen molar-refractivity contribution in [3.8, 4) is 5.75 Å². The van der Waals surface area contributed by atoms with Gasteiger partial charge in [0.05, 0.1) is 23.7 Å². The highest BCUT2D eigenvalue weighted by atomic mass is 16.5. The maximum Gasteiger partial charge on any atom is 0.168 e. The van der Waals surface area contributed by atoms with Gasteiger partial charge in [-0.3, -0.25) is 4.79 Å². The molecule has 0 aliphatic carbocycles. The monoisotopic (exact) mass is 274 g/mol. The van der Waals surface area contributed by atoms with E-state index in [-0.39, 0.29) is 17.3 Å². The fourth-order valence-corrected chi connectivity index (χ4v) is 3.51. The van der Waals surface area contributed by atoms with Gasteiger partial charge in [0, 0.05) is 12.0 Å². The molecule has 2 heterocycles. The minimum atomic E-state index is -0.407. The van der Waals surface area contributed by atoms with Crippen LogP contribution in [0.5, 0.6) is 5.75 Å². The summed E-state index contributed by atoms with van der Waals surface area (Å²) in [4.78, 5) is 12.8. The van der Waals surface area contributed by atoms with Gasteiger partial charge in [-0.2, -0.15) is 0 Å². The van der Waals surface area contributed by atoms with Gasteiger partial charge < -0.3 is 9.47 Å². The lowest BCUT2D eigenvalue weighted by Crippen LogP contribution is -2.33. The molecular formula is C17H22O3. The lowest BCUT2D eigenvalue weighted by Gasteiger charge is -2.26. The summed E-state index contributed by atoms with van der Waals surface area (Å²) in [7, 11) is 0. The molecule has 108 valence electrons. The maximum atomic E-state index is 12.8. The Morgan fingerprint density at radius 1 is 1.25 bits per heavy atom. The molecule has 1 atom stereocenters. The molecule has 0 aromatic heterocycles. The third kappa shape index (κ3) is 2.24. The zero-order valence-electron chi connectivity index (χ0n) is 12.7. The number of fused-ring (bicyclic) bond motifs is 1. The molecule has 1 aromatic carbocycles. The summed E-state index contributed by atoms with van der Waals surface area (Å²) in [6.45, 7) is 8.86. The molecule has 1 aromatic rings. The van der Waals surface area contributed by atoms with Gasteiger partial charge in [0.15, 0.2) is 5.78 Å². The van der Waals surface area contributed by atoms with E-state index < -0.39 is 5.60 Å². The van der Waals surface area contributed by atoms with Crippen molar-refractivity contribution in [1.29, 1.82) is 0 Å². The zero-order valence-corrected chi connectivity index (χ0v) is 12.7. The Balaban J connectivity index is 1.89. The van der Waals surface area contributed by atoms with Gasteiger partial charge >= 0.3 is 0 Å². The van der Waals surface area contributed by atoms with Gasteiger partial charge in [0.25, 0.3) is 0 Å². The summed E-state index contributed by atoms with van der Waals surface area (Å²) in [6, 6.07) is 5.80. The molecule has 1 fully saturated rings. The standard InChI is InChI=1S/C17H22O3/c1-16(2)10-13(17(3,4)20-16)15(18)12-5-6-14-11(9-12)7-8-19-14/h5-6,9,13H,7-8,10H2,1-4H3. The van der Waals surface area contributed by atoms with E-state index >= 15 is 0 Å². The van der Waals surface area contributed by atoms with Crippen molar-refractivity contribution in [2.24, 2.45) is 5.92 Å². The summed E-state index contributed by atoms with van der Waals surface area (Å²) < 4.78 is 11.5. The van der Waals surface area contributed by atoms with Crippen molar-refractivity contribution in [3.63, 3.8) is 0 Å². The minimum Gasteiger partial charge on any atom is -0.493 e. The number of benzene rings is 1. The van der Waals surface area contributed by atoms with E-state index in [0.29, 0.717) is 0 Å². The maximum absolute atomic E-state index is 12.8. The van der Waals surface area contributed by atoms with E-state index in [1.54, 1.807) is 0 Å². The fraction of sp³-hybridized carbons (Fsp3) is 0.588. The molecule has 2 aliphatic heterocycles. The molecule has 1 unspecified atom stereocenters. The SMILES string of the molecule is CC1(C)CC(C(=O)c2ccc3c(c2)CCO3)C(C)(C)O1. The first-order valence-corrected chi connectivity index (χ1v) is 7.29. The van der Waals surface area contributed by atoms with Crippen LogP contribution in [0, 0.1) is 5.92 Å². The van der Waals surface area contributed by atoms with E-state index in [4.69, 9.17) is 9.47 Å². The average Bonchev–Trinajstić information content (AvgIpc) is 2.88. The predicted molar refractivity (Wildman–Crippen MR) is 77.3 cm³/mol. The van der Waals surface area contributed by atoms with Crippen LogP contribution < -0.4 is 4.74 Å². The molecule has 3 rings (SSSR count). The lowest BCUT2D eigenvalue weighted by molar-refractivity contribution is -0.0712. The Kier molecular flexibility index (Phi) is 2.94. The molecule has 0 bridgehead atoms. The third-order valence-electron chi connectivity index (χ3n) is 4.36. The van der Waals surface area contributed by atoms with Crippen LogP contribution in [-0.2, 0) is 11.2 Å². The molecule has 0 spiro atoms. The van der Waals surface area contributed by atoms with Crippen LogP contribution >= 0.6 is 0 Å². The number of rotatable bonds is 2. The lowest BCUT2D eigenvalue weighted by atomic mass is 9.81. The average molecular weight is 274 g/mol. The van der Waals surface area contributed by atoms with E-state index in [0.717, 1.165) is 36.3 Å². The highest BCUT2D eigenvalue weighted by Gasteiger charge is 2.49. The Hall–Kier alpha value is -1.35. The van der Waals surface area contributed by atoms with Crippen molar-refractivity contribution in [2.45, 2.75) is 51.7 Å². The summed E-state index contributed by atoms with van der Waals surface area (Å²) >= 11 is 0. The number of ketones is 1. The molecular weight excluding hydrogens is 252 g/mol. The van der Waals surface area contributed by atoms with Crippen molar-refractivity contribution >= 4 is 5.78 Å². The summed E-state index contributed by atoms with van der Waals surface area (Å²) in [5.74, 6) is 1.02. The van der Waals surface area contributed by atoms with Crippen LogP contribution in [0.15, 0.2) is 18.2 Å². The van der Waals surface area contributed by atoms with Gasteiger partial charge in [-0.05, 0) is 57.9 Å². The first kappa shape index (κ1) is 13.6. The summed E-state index contributed by atoms with van der Waals surface area (Å²) in [6.07, 6.45) is 1.67. The van der Waals surface area contributed by atoms with Crippen molar-refractivity contribution in [3.05, 3.63) is 29.3 Å². The molecule has 2 aliphatic rings. The quantitative estimate of drug-likeness (QED) is 0.775. The van der Waals surface area contributed by atoms with Crippen molar-refractivity contribution in [1.82, 2.24) is 0 Å². The number of Topliss-reactive ketones (excluding diaryl/α,β-unsaturated/α-hetero) is 1. The molecule has 20 heavy (non-hydrogen) atoms. The topological polar surface area (TPSA) is 35.5 Å². The van der Waals surface area contributed by atoms with Crippen LogP contribution in [0.2, 0.25) is 0 Å². The fourth-order valence-electron chi connectivity index (χ4n) is 3.51. The predicted octanol–water partition coefficient (Wildman–Crippen LogP) is 3.40. The highest BCUT2D eigenvalue weighted by molar-refractivity contribution is 5.99. The second kappa shape index (κ2) is 4.32. The molecule has 0 radical (unpaired) electrons. The van der Waals surface area contributed by atoms with Crippen LogP contribution in [0.3, 0.4) is 0 Å². The summed E-state index contributed by atoms with van der Waals surface area (Å²) in [5.41, 5.74) is 1.29. The first-order chi connectivity index (χ1) is 9.28. The number of carbonyl (C=O) groups excluding carboxylic acids is 1. The van der Waals surface area contributed by atoms with Gasteiger partial charge in [-0.25, -0.2) is 0 Å². The van der Waals surface area contributed by atoms with Crippen molar-refractivity contribution in [2.75, 3.05) is 6.61 Å². The van der Waals surface area contributed by atoms with Gasteiger partial charge in [-0.1, -0.05) is 0 Å². The molecule has 0 N–H and O–H groups in total. The van der Waals surface area contributed by atoms with Crippen LogP contribution in [0.4, 0.5) is 0 Å². The Morgan fingerprint density at radius 2 is 2.00 bits per heavy atom.